The molecule has 1 heterocycles. The van der Waals surface area contributed by atoms with Gasteiger partial charge in [0.05, 0.1) is 11.6 Å². The van der Waals surface area contributed by atoms with E-state index in [1.54, 1.807) is 0 Å². The van der Waals surface area contributed by atoms with Crippen LogP contribution in [0.25, 0.3) is 0 Å². The van der Waals surface area contributed by atoms with Crippen LogP contribution in [-0.2, 0) is 12.3 Å². The average molecular weight is 170 g/mol. The molecular weight excluding hydrogens is 158 g/mol. The van der Waals surface area contributed by atoms with Crippen molar-refractivity contribution in [2.45, 2.75) is 25.6 Å². The van der Waals surface area contributed by atoms with Crippen molar-refractivity contribution in [1.29, 1.82) is 0 Å². The van der Waals surface area contributed by atoms with Gasteiger partial charge in [0, 0.05) is 5.69 Å². The maximum Gasteiger partial charge on any atom is 0.0647 e. The number of pyridine rings is 1. The Morgan fingerprint density at radius 3 is 2.73 bits per heavy atom. The van der Waals surface area contributed by atoms with Gasteiger partial charge < -0.3 is 0 Å². The van der Waals surface area contributed by atoms with Crippen molar-refractivity contribution in [3.63, 3.8) is 0 Å². The molecule has 0 fully saturated rings. The number of halogens is 1. The minimum Gasteiger partial charge on any atom is -0.257 e. The van der Waals surface area contributed by atoms with Gasteiger partial charge in [-0.25, -0.2) is 0 Å². The fourth-order valence-corrected chi connectivity index (χ4v) is 1.15. The van der Waals surface area contributed by atoms with Gasteiger partial charge in [-0.05, 0) is 18.6 Å². The van der Waals surface area contributed by atoms with E-state index in [4.69, 9.17) is 11.6 Å². The van der Waals surface area contributed by atoms with Crippen molar-refractivity contribution in [2.75, 3.05) is 0 Å². The average Bonchev–Trinajstić information content (AvgIpc) is 2.06. The van der Waals surface area contributed by atoms with Gasteiger partial charge in [-0.15, -0.1) is 11.6 Å². The first-order valence-electron chi connectivity index (χ1n) is 3.87. The topological polar surface area (TPSA) is 12.9 Å². The summed E-state index contributed by atoms with van der Waals surface area (Å²) in [5, 5.41) is 0. The molecule has 60 valence electrons. The molecule has 1 aromatic heterocycles. The molecule has 0 atom stereocenters. The van der Waals surface area contributed by atoms with Crippen LogP contribution in [0.2, 0.25) is 0 Å². The third-order valence-electron chi connectivity index (χ3n) is 1.51. The van der Waals surface area contributed by atoms with Gasteiger partial charge >= 0.3 is 0 Å². The predicted octanol–water partition coefficient (Wildman–Crippen LogP) is 2.77. The molecule has 0 amide bonds. The molecule has 0 N–H and O–H groups in total. The van der Waals surface area contributed by atoms with Gasteiger partial charge in [-0.1, -0.05) is 19.4 Å². The highest BCUT2D eigenvalue weighted by Crippen LogP contribution is 2.03. The van der Waals surface area contributed by atoms with Crippen molar-refractivity contribution >= 4 is 11.6 Å². The minimum atomic E-state index is 0.511. The van der Waals surface area contributed by atoms with Gasteiger partial charge in [0.25, 0.3) is 0 Å². The molecule has 0 saturated carbocycles. The minimum absolute atomic E-state index is 0.511. The monoisotopic (exact) mass is 169 g/mol. The van der Waals surface area contributed by atoms with Crippen LogP contribution < -0.4 is 0 Å². The first-order valence-corrected chi connectivity index (χ1v) is 4.41. The zero-order chi connectivity index (χ0) is 8.10. The second kappa shape index (κ2) is 4.35. The van der Waals surface area contributed by atoms with Crippen molar-refractivity contribution in [2.24, 2.45) is 0 Å². The Morgan fingerprint density at radius 1 is 1.36 bits per heavy atom. The summed E-state index contributed by atoms with van der Waals surface area (Å²) in [6.07, 6.45) is 2.18. The van der Waals surface area contributed by atoms with Crippen LogP contribution in [-0.4, -0.2) is 4.98 Å². The molecule has 1 nitrogen and oxygen atoms in total. The molecule has 0 aliphatic rings. The normalized spacial score (nSPS) is 10.0. The van der Waals surface area contributed by atoms with Crippen LogP contribution in [0.5, 0.6) is 0 Å². The molecule has 0 bridgehead atoms. The maximum atomic E-state index is 5.64. The van der Waals surface area contributed by atoms with Gasteiger partial charge in [0.15, 0.2) is 0 Å². The van der Waals surface area contributed by atoms with E-state index in [-0.39, 0.29) is 0 Å². The lowest BCUT2D eigenvalue weighted by Crippen LogP contribution is -1.91. The van der Waals surface area contributed by atoms with E-state index in [1.807, 2.05) is 18.2 Å². The SMILES string of the molecule is CCCc1cccc(CCl)n1. The first kappa shape index (κ1) is 8.54. The summed E-state index contributed by atoms with van der Waals surface area (Å²) < 4.78 is 0. The maximum absolute atomic E-state index is 5.64. The molecular formula is C9H12ClN. The van der Waals surface area contributed by atoms with E-state index >= 15 is 0 Å². The van der Waals surface area contributed by atoms with Crippen LogP contribution in [0.1, 0.15) is 24.7 Å². The van der Waals surface area contributed by atoms with Crippen molar-refractivity contribution in [3.05, 3.63) is 29.6 Å². The Morgan fingerprint density at radius 2 is 2.09 bits per heavy atom. The molecule has 0 aliphatic heterocycles. The molecule has 0 unspecified atom stereocenters. The smallest absolute Gasteiger partial charge is 0.0647 e. The summed E-state index contributed by atoms with van der Waals surface area (Å²) in [6.45, 7) is 2.15. The van der Waals surface area contributed by atoms with Crippen molar-refractivity contribution < 1.29 is 0 Å². The number of alkyl halides is 1. The number of rotatable bonds is 3. The van der Waals surface area contributed by atoms with Gasteiger partial charge in [-0.3, -0.25) is 4.98 Å². The molecule has 2 heteroatoms. The fraction of sp³-hybridized carbons (Fsp3) is 0.444. The molecule has 0 aromatic carbocycles. The first-order chi connectivity index (χ1) is 5.36. The Labute approximate surface area is 72.4 Å². The highest BCUT2D eigenvalue weighted by atomic mass is 35.5. The lowest BCUT2D eigenvalue weighted by atomic mass is 10.2. The quantitative estimate of drug-likeness (QED) is 0.635. The largest absolute Gasteiger partial charge is 0.257 e. The number of nitrogens with zero attached hydrogens (tertiary/aromatic N) is 1. The van der Waals surface area contributed by atoms with Crippen molar-refractivity contribution in [1.82, 2.24) is 4.98 Å². The van der Waals surface area contributed by atoms with Crippen LogP contribution in [0.3, 0.4) is 0 Å². The van der Waals surface area contributed by atoms with Crippen LogP contribution in [0.15, 0.2) is 18.2 Å². The lowest BCUT2D eigenvalue weighted by molar-refractivity contribution is 0.872. The summed E-state index contributed by atoms with van der Waals surface area (Å²) >= 11 is 5.64. The molecule has 1 aromatic rings. The third kappa shape index (κ3) is 2.51. The standard InChI is InChI=1S/C9H12ClN/c1-2-4-8-5-3-6-9(7-10)11-8/h3,5-6H,2,4,7H2,1H3. The van der Waals surface area contributed by atoms with E-state index in [1.165, 1.54) is 0 Å². The molecule has 0 radical (unpaired) electrons. The third-order valence-corrected chi connectivity index (χ3v) is 1.78. The second-order valence-electron chi connectivity index (χ2n) is 2.50. The molecule has 0 saturated heterocycles. The predicted molar refractivity (Wildman–Crippen MR) is 47.8 cm³/mol. The van der Waals surface area contributed by atoms with E-state index in [0.717, 1.165) is 24.2 Å². The molecule has 11 heavy (non-hydrogen) atoms. The van der Waals surface area contributed by atoms with E-state index in [2.05, 4.69) is 11.9 Å². The number of aryl methyl sites for hydroxylation is 1. The Balaban J connectivity index is 2.74. The fourth-order valence-electron chi connectivity index (χ4n) is 0.999. The van der Waals surface area contributed by atoms with E-state index < -0.39 is 0 Å². The van der Waals surface area contributed by atoms with Gasteiger partial charge in [0.2, 0.25) is 0 Å². The second-order valence-corrected chi connectivity index (χ2v) is 2.77. The number of hydrogen-bond donors (Lipinski definition) is 0. The summed E-state index contributed by atoms with van der Waals surface area (Å²) in [6, 6.07) is 6.00. The number of hydrogen-bond acceptors (Lipinski definition) is 1. The molecule has 0 aliphatic carbocycles. The number of aromatic nitrogens is 1. The lowest BCUT2D eigenvalue weighted by Gasteiger charge is -1.98. The summed E-state index contributed by atoms with van der Waals surface area (Å²) in [5.41, 5.74) is 2.11. The summed E-state index contributed by atoms with van der Waals surface area (Å²) in [7, 11) is 0. The Bertz CT molecular complexity index is 223. The molecule has 1 rings (SSSR count). The van der Waals surface area contributed by atoms with Crippen molar-refractivity contribution in [3.8, 4) is 0 Å². The zero-order valence-corrected chi connectivity index (χ0v) is 7.43. The highest BCUT2D eigenvalue weighted by molar-refractivity contribution is 6.16. The zero-order valence-electron chi connectivity index (χ0n) is 6.68. The van der Waals surface area contributed by atoms with Crippen LogP contribution in [0, 0.1) is 0 Å². The Hall–Kier alpha value is -0.560. The van der Waals surface area contributed by atoms with E-state index in [9.17, 15) is 0 Å². The Kier molecular flexibility index (Phi) is 3.37. The van der Waals surface area contributed by atoms with Crippen LogP contribution in [0.4, 0.5) is 0 Å². The van der Waals surface area contributed by atoms with E-state index in [0.29, 0.717) is 5.88 Å². The van der Waals surface area contributed by atoms with Gasteiger partial charge in [0.1, 0.15) is 0 Å². The van der Waals surface area contributed by atoms with Gasteiger partial charge in [-0.2, -0.15) is 0 Å². The summed E-state index contributed by atoms with van der Waals surface area (Å²) in [4.78, 5) is 4.35. The van der Waals surface area contributed by atoms with Crippen LogP contribution >= 0.6 is 11.6 Å². The highest BCUT2D eigenvalue weighted by Gasteiger charge is 1.94. The summed E-state index contributed by atoms with van der Waals surface area (Å²) in [5.74, 6) is 0.511. The molecule has 0 spiro atoms.